The van der Waals surface area contributed by atoms with Crippen LogP contribution in [0.5, 0.6) is 5.75 Å². The van der Waals surface area contributed by atoms with Gasteiger partial charge < -0.3 is 14.6 Å². The van der Waals surface area contributed by atoms with Crippen molar-refractivity contribution in [1.82, 2.24) is 0 Å². The van der Waals surface area contributed by atoms with E-state index in [4.69, 9.17) is 4.42 Å². The van der Waals surface area contributed by atoms with Gasteiger partial charge in [-0.3, -0.25) is 0 Å². The van der Waals surface area contributed by atoms with Gasteiger partial charge >= 0.3 is 0 Å². The Morgan fingerprint density at radius 2 is 1.75 bits per heavy atom. The molecule has 1 aromatic heterocycles. The molecule has 0 radical (unpaired) electrons. The molecule has 3 rings (SSSR count). The van der Waals surface area contributed by atoms with Crippen molar-refractivity contribution in [2.75, 3.05) is 0 Å². The zero-order valence-electron chi connectivity index (χ0n) is 11.3. The van der Waals surface area contributed by atoms with Crippen molar-refractivity contribution in [1.29, 1.82) is 0 Å². The summed E-state index contributed by atoms with van der Waals surface area (Å²) >= 11 is 0. The Bertz CT molecular complexity index is 742. The van der Waals surface area contributed by atoms with Crippen LogP contribution in [-0.2, 0) is 13.0 Å². The van der Waals surface area contributed by atoms with E-state index in [-0.39, 0.29) is 12.4 Å². The third-order valence-corrected chi connectivity index (χ3v) is 3.59. The van der Waals surface area contributed by atoms with Crippen LogP contribution in [0.15, 0.2) is 46.9 Å². The number of rotatable bonds is 3. The maximum Gasteiger partial charge on any atom is 0.140 e. The number of aryl methyl sites for hydroxylation is 1. The molecule has 2 N–H and O–H groups in total. The third-order valence-electron chi connectivity index (χ3n) is 3.59. The molecular weight excluding hydrogens is 252 g/mol. The molecule has 0 fully saturated rings. The number of hydrogen-bond acceptors (Lipinski definition) is 3. The maximum absolute atomic E-state index is 9.99. The van der Waals surface area contributed by atoms with E-state index in [0.717, 1.165) is 22.1 Å². The Labute approximate surface area is 117 Å². The molecule has 3 nitrogen and oxygen atoms in total. The lowest BCUT2D eigenvalue weighted by molar-refractivity contribution is 0.282. The number of benzene rings is 2. The molecule has 102 valence electrons. The minimum atomic E-state index is -0.117. The van der Waals surface area contributed by atoms with E-state index in [1.165, 1.54) is 0 Å². The Balaban J connectivity index is 2.35. The summed E-state index contributed by atoms with van der Waals surface area (Å²) in [6.45, 7) is 1.86. The van der Waals surface area contributed by atoms with Crippen molar-refractivity contribution >= 4 is 11.0 Å². The summed E-state index contributed by atoms with van der Waals surface area (Å²) in [5, 5.41) is 20.5. The molecule has 2 aromatic carbocycles. The fourth-order valence-electron chi connectivity index (χ4n) is 2.65. The third kappa shape index (κ3) is 1.87. The predicted molar refractivity (Wildman–Crippen MR) is 78.6 cm³/mol. The highest BCUT2D eigenvalue weighted by Gasteiger charge is 2.19. The topological polar surface area (TPSA) is 53.6 Å². The molecule has 0 aliphatic carbocycles. The molecule has 0 amide bonds. The van der Waals surface area contributed by atoms with Gasteiger partial charge in [0.05, 0.1) is 6.61 Å². The maximum atomic E-state index is 9.99. The van der Waals surface area contributed by atoms with Crippen LogP contribution in [0.3, 0.4) is 0 Å². The first kappa shape index (κ1) is 12.8. The van der Waals surface area contributed by atoms with Gasteiger partial charge in [-0.25, -0.2) is 0 Å². The number of phenolic OH excluding ortho intramolecular Hbond substituents is 1. The van der Waals surface area contributed by atoms with E-state index < -0.39 is 0 Å². The van der Waals surface area contributed by atoms with Crippen molar-refractivity contribution in [3.8, 4) is 17.1 Å². The van der Waals surface area contributed by atoms with Gasteiger partial charge in [0.15, 0.2) is 0 Å². The fraction of sp³-hybridized carbons (Fsp3) is 0.176. The van der Waals surface area contributed by atoms with Crippen LogP contribution in [-0.4, -0.2) is 10.2 Å². The summed E-state index contributed by atoms with van der Waals surface area (Å²) in [7, 11) is 0. The molecule has 0 unspecified atom stereocenters. The van der Waals surface area contributed by atoms with E-state index in [2.05, 4.69) is 0 Å². The van der Waals surface area contributed by atoms with Gasteiger partial charge in [0, 0.05) is 22.1 Å². The number of hydrogen-bond donors (Lipinski definition) is 2. The second-order valence-corrected chi connectivity index (χ2v) is 4.72. The molecule has 0 spiro atoms. The van der Waals surface area contributed by atoms with Crippen LogP contribution in [0.25, 0.3) is 22.3 Å². The summed E-state index contributed by atoms with van der Waals surface area (Å²) in [6, 6.07) is 13.1. The Morgan fingerprint density at radius 1 is 1.00 bits per heavy atom. The monoisotopic (exact) mass is 268 g/mol. The molecule has 0 atom stereocenters. The first-order valence-electron chi connectivity index (χ1n) is 6.68. The minimum absolute atomic E-state index is 0.117. The van der Waals surface area contributed by atoms with Crippen LogP contribution in [0.1, 0.15) is 18.1 Å². The lowest BCUT2D eigenvalue weighted by Crippen LogP contribution is -1.89. The Kier molecular flexibility index (Phi) is 3.20. The minimum Gasteiger partial charge on any atom is -0.508 e. The molecule has 0 aliphatic rings. The lowest BCUT2D eigenvalue weighted by atomic mass is 10.00. The average Bonchev–Trinajstić information content (AvgIpc) is 2.87. The van der Waals surface area contributed by atoms with Gasteiger partial charge in [0.1, 0.15) is 17.1 Å². The van der Waals surface area contributed by atoms with Crippen LogP contribution in [0.4, 0.5) is 0 Å². The Morgan fingerprint density at radius 3 is 2.40 bits per heavy atom. The van der Waals surface area contributed by atoms with E-state index in [0.29, 0.717) is 17.8 Å². The van der Waals surface area contributed by atoms with Gasteiger partial charge in [-0.05, 0) is 18.6 Å². The van der Waals surface area contributed by atoms with Gasteiger partial charge in [-0.2, -0.15) is 0 Å². The number of phenols is 1. The summed E-state index contributed by atoms with van der Waals surface area (Å²) in [4.78, 5) is 0. The highest BCUT2D eigenvalue weighted by molar-refractivity contribution is 5.92. The molecule has 20 heavy (non-hydrogen) atoms. The Hall–Kier alpha value is -2.26. The van der Waals surface area contributed by atoms with Crippen LogP contribution < -0.4 is 0 Å². The number of aliphatic hydroxyl groups excluding tert-OH is 1. The van der Waals surface area contributed by atoms with E-state index in [9.17, 15) is 10.2 Å². The van der Waals surface area contributed by atoms with Crippen LogP contribution >= 0.6 is 0 Å². The highest BCUT2D eigenvalue weighted by atomic mass is 16.3. The molecular formula is C17H16O3. The SMILES string of the molecule is CCc1c(O)ccc2oc(-c3ccccc3)c(CO)c12. The summed E-state index contributed by atoms with van der Waals surface area (Å²) in [5.41, 5.74) is 3.17. The smallest absolute Gasteiger partial charge is 0.140 e. The zero-order valence-corrected chi connectivity index (χ0v) is 11.3. The second-order valence-electron chi connectivity index (χ2n) is 4.72. The van der Waals surface area contributed by atoms with Gasteiger partial charge in [0.2, 0.25) is 0 Å². The van der Waals surface area contributed by atoms with Gasteiger partial charge in [-0.15, -0.1) is 0 Å². The van der Waals surface area contributed by atoms with Gasteiger partial charge in [-0.1, -0.05) is 37.3 Å². The normalized spacial score (nSPS) is 11.1. The molecule has 0 saturated heterocycles. The first-order valence-corrected chi connectivity index (χ1v) is 6.68. The number of aromatic hydroxyl groups is 1. The largest absolute Gasteiger partial charge is 0.508 e. The number of furan rings is 1. The number of fused-ring (bicyclic) bond motifs is 1. The van der Waals surface area contributed by atoms with E-state index in [1.807, 2.05) is 37.3 Å². The van der Waals surface area contributed by atoms with Crippen molar-refractivity contribution in [3.63, 3.8) is 0 Å². The summed E-state index contributed by atoms with van der Waals surface area (Å²) in [5.74, 6) is 0.915. The molecule has 0 aliphatic heterocycles. The number of aliphatic hydroxyl groups is 1. The fourth-order valence-corrected chi connectivity index (χ4v) is 2.65. The quantitative estimate of drug-likeness (QED) is 0.758. The first-order chi connectivity index (χ1) is 9.76. The van der Waals surface area contributed by atoms with Crippen molar-refractivity contribution < 1.29 is 14.6 Å². The van der Waals surface area contributed by atoms with E-state index >= 15 is 0 Å². The van der Waals surface area contributed by atoms with Crippen LogP contribution in [0.2, 0.25) is 0 Å². The predicted octanol–water partition coefficient (Wildman–Crippen LogP) is 3.86. The standard InChI is InChI=1S/C17H16O3/c1-2-12-14(19)8-9-15-16(12)13(10-18)17(20-15)11-6-4-3-5-7-11/h3-9,18-19H,2,10H2,1H3. The molecule has 0 saturated carbocycles. The van der Waals surface area contributed by atoms with E-state index in [1.54, 1.807) is 12.1 Å². The van der Waals surface area contributed by atoms with Crippen molar-refractivity contribution in [3.05, 3.63) is 53.6 Å². The molecule has 0 bridgehead atoms. The van der Waals surface area contributed by atoms with Crippen molar-refractivity contribution in [2.24, 2.45) is 0 Å². The zero-order chi connectivity index (χ0) is 14.1. The summed E-state index contributed by atoms with van der Waals surface area (Å²) < 4.78 is 5.90. The molecule has 1 heterocycles. The lowest BCUT2D eigenvalue weighted by Gasteiger charge is -2.04. The van der Waals surface area contributed by atoms with Gasteiger partial charge in [0.25, 0.3) is 0 Å². The second kappa shape index (κ2) is 5.02. The highest BCUT2D eigenvalue weighted by Crippen LogP contribution is 2.38. The molecule has 3 aromatic rings. The van der Waals surface area contributed by atoms with Crippen LogP contribution in [0, 0.1) is 0 Å². The molecule has 3 heteroatoms. The summed E-state index contributed by atoms with van der Waals surface area (Å²) in [6.07, 6.45) is 0.684. The average molecular weight is 268 g/mol. The van der Waals surface area contributed by atoms with Crippen molar-refractivity contribution in [2.45, 2.75) is 20.0 Å².